The van der Waals surface area contributed by atoms with Crippen LogP contribution in [0, 0.1) is 17.2 Å². The summed E-state index contributed by atoms with van der Waals surface area (Å²) in [5.41, 5.74) is 5.84. The molecule has 0 N–H and O–H groups in total. The molecule has 0 aliphatic carbocycles. The first-order chi connectivity index (χ1) is 21.2. The largest absolute Gasteiger partial charge is 0.491 e. The Labute approximate surface area is 261 Å². The SMILES string of the molecule is CCC(CC(CCC[SiH2]COCCOc1ccc(-c2ccc(C#N)cc2)cc1)CC(C)c1ccccc1)c1ccccc1. The lowest BCUT2D eigenvalue weighted by atomic mass is 9.80. The quantitative estimate of drug-likeness (QED) is 0.0858. The summed E-state index contributed by atoms with van der Waals surface area (Å²) in [6.07, 6.45) is 7.29. The van der Waals surface area contributed by atoms with Crippen molar-refractivity contribution >= 4 is 9.52 Å². The number of ether oxygens (including phenoxy) is 2. The van der Waals surface area contributed by atoms with Gasteiger partial charge in [-0.05, 0) is 83.5 Å². The molecule has 4 heteroatoms. The lowest BCUT2D eigenvalue weighted by Crippen LogP contribution is -2.13. The van der Waals surface area contributed by atoms with Crippen molar-refractivity contribution in [1.82, 2.24) is 0 Å². The number of nitriles is 1. The van der Waals surface area contributed by atoms with Gasteiger partial charge in [-0.1, -0.05) is 118 Å². The Balaban J connectivity index is 1.14. The van der Waals surface area contributed by atoms with Crippen molar-refractivity contribution < 1.29 is 9.47 Å². The van der Waals surface area contributed by atoms with E-state index in [4.69, 9.17) is 14.7 Å². The van der Waals surface area contributed by atoms with Crippen molar-refractivity contribution in [1.29, 1.82) is 5.26 Å². The maximum atomic E-state index is 8.98. The van der Waals surface area contributed by atoms with Crippen LogP contribution >= 0.6 is 0 Å². The van der Waals surface area contributed by atoms with E-state index in [0.29, 0.717) is 30.6 Å². The molecular formula is C39H47NO2Si. The number of nitrogens with zero attached hydrogens (tertiary/aromatic N) is 1. The van der Waals surface area contributed by atoms with Crippen LogP contribution in [0.1, 0.15) is 74.5 Å². The predicted molar refractivity (Wildman–Crippen MR) is 183 cm³/mol. The lowest BCUT2D eigenvalue weighted by Gasteiger charge is -2.26. The molecule has 3 atom stereocenters. The smallest absolute Gasteiger partial charge is 0.119 e. The monoisotopic (exact) mass is 589 g/mol. The molecular weight excluding hydrogens is 543 g/mol. The molecule has 0 saturated heterocycles. The Morgan fingerprint density at radius 3 is 2.00 bits per heavy atom. The summed E-state index contributed by atoms with van der Waals surface area (Å²) in [6, 6.07) is 41.4. The molecule has 0 aromatic heterocycles. The highest BCUT2D eigenvalue weighted by atomic mass is 28.2. The normalized spacial score (nSPS) is 13.4. The molecule has 0 aliphatic heterocycles. The highest BCUT2D eigenvalue weighted by Crippen LogP contribution is 2.35. The number of rotatable bonds is 18. The van der Waals surface area contributed by atoms with Gasteiger partial charge in [0.05, 0.1) is 27.8 Å². The number of hydrogen-bond donors (Lipinski definition) is 0. The molecule has 0 fully saturated rings. The zero-order valence-electron chi connectivity index (χ0n) is 26.0. The van der Waals surface area contributed by atoms with Crippen LogP contribution in [-0.4, -0.2) is 29.0 Å². The van der Waals surface area contributed by atoms with E-state index in [9.17, 15) is 0 Å². The predicted octanol–water partition coefficient (Wildman–Crippen LogP) is 9.34. The average molecular weight is 590 g/mol. The standard InChI is InChI=1S/C39H47NO2Si/c1-3-34(36-14-8-5-9-15-36)28-33(27-31(2)35-12-6-4-7-13-35)11-10-26-43-30-41-24-25-42-39-22-20-38(21-23-39)37-18-16-32(29-40)17-19-37/h4-9,12-23,31,33-34H,3,10-11,24-28,30,43H2,1-2H3. The fourth-order valence-electron chi connectivity index (χ4n) is 6.03. The van der Waals surface area contributed by atoms with Crippen LogP contribution < -0.4 is 4.74 Å². The van der Waals surface area contributed by atoms with Gasteiger partial charge in [0.25, 0.3) is 0 Å². The minimum Gasteiger partial charge on any atom is -0.491 e. The highest BCUT2D eigenvalue weighted by molar-refractivity contribution is 6.35. The Morgan fingerprint density at radius 1 is 0.744 bits per heavy atom. The molecule has 3 nitrogen and oxygen atoms in total. The minimum absolute atomic E-state index is 0.221. The summed E-state index contributed by atoms with van der Waals surface area (Å²) >= 11 is 0. The first-order valence-electron chi connectivity index (χ1n) is 16.1. The fraction of sp³-hybridized carbons (Fsp3) is 0.359. The van der Waals surface area contributed by atoms with Crippen LogP contribution in [0.25, 0.3) is 11.1 Å². The zero-order chi connectivity index (χ0) is 30.1. The van der Waals surface area contributed by atoms with Crippen LogP contribution in [0.15, 0.2) is 109 Å². The third-order valence-electron chi connectivity index (χ3n) is 8.54. The molecule has 4 aromatic carbocycles. The Bertz CT molecular complexity index is 1350. The molecule has 224 valence electrons. The Hall–Kier alpha value is -3.65. The second-order valence-corrected chi connectivity index (χ2v) is 13.5. The van der Waals surface area contributed by atoms with Crippen LogP contribution in [0.2, 0.25) is 6.04 Å². The van der Waals surface area contributed by atoms with Crippen molar-refractivity contribution in [3.05, 3.63) is 126 Å². The minimum atomic E-state index is -0.221. The van der Waals surface area contributed by atoms with Gasteiger partial charge >= 0.3 is 0 Å². The first kappa shape index (κ1) is 32.3. The Kier molecular flexibility index (Phi) is 13.6. The molecule has 0 bridgehead atoms. The van der Waals surface area contributed by atoms with Gasteiger partial charge in [-0.2, -0.15) is 5.26 Å². The molecule has 4 aromatic rings. The van der Waals surface area contributed by atoms with Crippen LogP contribution in [0.3, 0.4) is 0 Å². The molecule has 4 rings (SSSR count). The van der Waals surface area contributed by atoms with Gasteiger partial charge in [-0.3, -0.25) is 0 Å². The molecule has 0 radical (unpaired) electrons. The summed E-state index contributed by atoms with van der Waals surface area (Å²) in [6.45, 7) is 5.95. The highest BCUT2D eigenvalue weighted by Gasteiger charge is 2.20. The van der Waals surface area contributed by atoms with E-state index in [1.54, 1.807) is 0 Å². The maximum Gasteiger partial charge on any atom is 0.119 e. The maximum absolute atomic E-state index is 8.98. The summed E-state index contributed by atoms with van der Waals surface area (Å²) in [5.74, 6) is 2.83. The summed E-state index contributed by atoms with van der Waals surface area (Å²) < 4.78 is 11.8. The van der Waals surface area contributed by atoms with Crippen molar-refractivity contribution in [3.63, 3.8) is 0 Å². The van der Waals surface area contributed by atoms with Gasteiger partial charge in [0.1, 0.15) is 12.4 Å². The molecule has 0 heterocycles. The molecule has 3 unspecified atom stereocenters. The Morgan fingerprint density at radius 2 is 1.37 bits per heavy atom. The van der Waals surface area contributed by atoms with E-state index >= 15 is 0 Å². The van der Waals surface area contributed by atoms with Crippen LogP contribution in [0.5, 0.6) is 5.75 Å². The van der Waals surface area contributed by atoms with E-state index in [1.165, 1.54) is 49.3 Å². The van der Waals surface area contributed by atoms with E-state index in [1.807, 2.05) is 36.4 Å². The third-order valence-corrected chi connectivity index (χ3v) is 10.1. The fourth-order valence-corrected chi connectivity index (χ4v) is 7.29. The molecule has 0 spiro atoms. The van der Waals surface area contributed by atoms with Crippen molar-refractivity contribution in [3.8, 4) is 22.9 Å². The summed E-state index contributed by atoms with van der Waals surface area (Å²) in [7, 11) is -0.221. The van der Waals surface area contributed by atoms with E-state index in [2.05, 4.69) is 92.7 Å². The van der Waals surface area contributed by atoms with Gasteiger partial charge in [-0.25, -0.2) is 0 Å². The number of benzene rings is 4. The lowest BCUT2D eigenvalue weighted by molar-refractivity contribution is 0.131. The van der Waals surface area contributed by atoms with E-state index in [0.717, 1.165) is 29.0 Å². The van der Waals surface area contributed by atoms with Gasteiger partial charge in [0.2, 0.25) is 0 Å². The topological polar surface area (TPSA) is 42.2 Å². The summed E-state index contributed by atoms with van der Waals surface area (Å²) in [5, 5.41) is 8.98. The average Bonchev–Trinajstić information content (AvgIpc) is 3.07. The van der Waals surface area contributed by atoms with Gasteiger partial charge in [0.15, 0.2) is 0 Å². The molecule has 43 heavy (non-hydrogen) atoms. The van der Waals surface area contributed by atoms with Gasteiger partial charge in [0, 0.05) is 6.23 Å². The van der Waals surface area contributed by atoms with Crippen molar-refractivity contribution in [2.24, 2.45) is 5.92 Å². The summed E-state index contributed by atoms with van der Waals surface area (Å²) in [4.78, 5) is 0. The second-order valence-electron chi connectivity index (χ2n) is 11.7. The van der Waals surface area contributed by atoms with Gasteiger partial charge in [-0.15, -0.1) is 0 Å². The van der Waals surface area contributed by atoms with Gasteiger partial charge < -0.3 is 9.47 Å². The first-order valence-corrected chi connectivity index (χ1v) is 18.1. The molecule has 0 aliphatic rings. The molecule has 0 amide bonds. The second kappa shape index (κ2) is 18.1. The van der Waals surface area contributed by atoms with Crippen LogP contribution in [-0.2, 0) is 4.74 Å². The third kappa shape index (κ3) is 10.8. The van der Waals surface area contributed by atoms with E-state index < -0.39 is 0 Å². The van der Waals surface area contributed by atoms with Crippen LogP contribution in [0.4, 0.5) is 0 Å². The zero-order valence-corrected chi connectivity index (χ0v) is 27.4. The number of hydrogen-bond acceptors (Lipinski definition) is 3. The van der Waals surface area contributed by atoms with Crippen molar-refractivity contribution in [2.75, 3.05) is 19.4 Å². The van der Waals surface area contributed by atoms with Crippen molar-refractivity contribution in [2.45, 2.75) is 63.8 Å². The van der Waals surface area contributed by atoms with E-state index in [-0.39, 0.29) is 9.52 Å². The molecule has 0 saturated carbocycles.